The molecule has 0 spiro atoms. The van der Waals surface area contributed by atoms with Crippen molar-refractivity contribution in [3.05, 3.63) is 28.3 Å². The number of nitrogens with zero attached hydrogens (tertiary/aromatic N) is 1. The van der Waals surface area contributed by atoms with Crippen LogP contribution in [0.4, 0.5) is 17.1 Å². The van der Waals surface area contributed by atoms with Gasteiger partial charge in [0.1, 0.15) is 11.4 Å². The molecule has 7 nitrogen and oxygen atoms in total. The summed E-state index contributed by atoms with van der Waals surface area (Å²) in [6.07, 6.45) is 1.57. The highest BCUT2D eigenvalue weighted by Crippen LogP contribution is 2.34. The normalized spacial score (nSPS) is 11.2. The minimum Gasteiger partial charge on any atom is -0.396 e. The van der Waals surface area contributed by atoms with Crippen molar-refractivity contribution in [1.82, 2.24) is 0 Å². The maximum Gasteiger partial charge on any atom is 0.316 e. The zero-order valence-corrected chi connectivity index (χ0v) is 11.8. The summed E-state index contributed by atoms with van der Waals surface area (Å²) < 4.78 is 0. The van der Waals surface area contributed by atoms with E-state index in [0.717, 1.165) is 12.8 Å². The summed E-state index contributed by atoms with van der Waals surface area (Å²) in [5.74, 6) is 5.30. The minimum atomic E-state index is -0.476. The molecular weight excluding hydrogens is 260 g/mol. The quantitative estimate of drug-likeness (QED) is 0.330. The molecule has 0 saturated heterocycles. The lowest BCUT2D eigenvalue weighted by molar-refractivity contribution is -0.383. The zero-order valence-electron chi connectivity index (χ0n) is 11.8. The highest BCUT2D eigenvalue weighted by Gasteiger charge is 2.27. The molecule has 20 heavy (non-hydrogen) atoms. The van der Waals surface area contributed by atoms with E-state index in [2.05, 4.69) is 10.7 Å². The maximum absolute atomic E-state index is 11.2. The number of para-hydroxylation sites is 1. The second-order valence-corrected chi connectivity index (χ2v) is 4.82. The molecule has 112 valence electrons. The SMILES string of the molecule is CCC(CC)(CO)CNc1cccc(NN)c1[N+](=O)[O-]. The van der Waals surface area contributed by atoms with Crippen molar-refractivity contribution in [3.63, 3.8) is 0 Å². The van der Waals surface area contributed by atoms with Crippen molar-refractivity contribution in [2.75, 3.05) is 23.9 Å². The van der Waals surface area contributed by atoms with Gasteiger partial charge in [-0.3, -0.25) is 16.0 Å². The summed E-state index contributed by atoms with van der Waals surface area (Å²) in [7, 11) is 0. The van der Waals surface area contributed by atoms with Crippen LogP contribution in [-0.2, 0) is 0 Å². The number of nitro benzene ring substituents is 1. The number of nitrogen functional groups attached to an aromatic ring is 1. The molecule has 7 heteroatoms. The molecule has 0 aliphatic carbocycles. The fourth-order valence-corrected chi connectivity index (χ4v) is 2.06. The molecule has 0 amide bonds. The van der Waals surface area contributed by atoms with Gasteiger partial charge in [0.25, 0.3) is 0 Å². The molecule has 0 radical (unpaired) electrons. The fraction of sp³-hybridized carbons (Fsp3) is 0.538. The number of hydrazine groups is 1. The van der Waals surface area contributed by atoms with Crippen LogP contribution in [0.25, 0.3) is 0 Å². The Morgan fingerprint density at radius 1 is 1.35 bits per heavy atom. The van der Waals surface area contributed by atoms with Gasteiger partial charge in [-0.1, -0.05) is 19.9 Å². The second-order valence-electron chi connectivity index (χ2n) is 4.82. The van der Waals surface area contributed by atoms with Gasteiger partial charge in [-0.2, -0.15) is 0 Å². The molecule has 0 unspecified atom stereocenters. The van der Waals surface area contributed by atoms with Crippen molar-refractivity contribution < 1.29 is 10.0 Å². The highest BCUT2D eigenvalue weighted by atomic mass is 16.6. The molecule has 0 saturated carbocycles. The molecule has 0 fully saturated rings. The summed E-state index contributed by atoms with van der Waals surface area (Å²) in [4.78, 5) is 10.7. The molecule has 1 aromatic carbocycles. The number of aliphatic hydroxyl groups excluding tert-OH is 1. The summed E-state index contributed by atoms with van der Waals surface area (Å²) in [5, 5.41) is 23.7. The first kappa shape index (κ1) is 16.2. The molecule has 0 bridgehead atoms. The van der Waals surface area contributed by atoms with Gasteiger partial charge < -0.3 is 15.8 Å². The standard InChI is InChI=1S/C13H22N4O3/c1-3-13(4-2,9-18)8-15-10-6-5-7-11(16-14)12(10)17(19)20/h5-7,15-16,18H,3-4,8-9,14H2,1-2H3. The summed E-state index contributed by atoms with van der Waals surface area (Å²) in [6.45, 7) is 4.49. The summed E-state index contributed by atoms with van der Waals surface area (Å²) in [5.41, 5.74) is 2.60. The van der Waals surface area contributed by atoms with E-state index in [0.29, 0.717) is 12.2 Å². The van der Waals surface area contributed by atoms with Crippen molar-refractivity contribution >= 4 is 17.1 Å². The fourth-order valence-electron chi connectivity index (χ4n) is 2.06. The number of hydrogen-bond acceptors (Lipinski definition) is 6. The third kappa shape index (κ3) is 3.37. The molecule has 1 aromatic rings. The predicted octanol–water partition coefficient (Wildman–Crippen LogP) is 2.09. The average Bonchev–Trinajstić information content (AvgIpc) is 2.48. The van der Waals surface area contributed by atoms with E-state index in [-0.39, 0.29) is 23.4 Å². The van der Waals surface area contributed by atoms with Crippen molar-refractivity contribution in [2.24, 2.45) is 11.3 Å². The molecule has 0 aromatic heterocycles. The van der Waals surface area contributed by atoms with E-state index in [1.165, 1.54) is 0 Å². The summed E-state index contributed by atoms with van der Waals surface area (Å²) >= 11 is 0. The Labute approximate surface area is 118 Å². The highest BCUT2D eigenvalue weighted by molar-refractivity contribution is 5.75. The predicted molar refractivity (Wildman–Crippen MR) is 79.5 cm³/mol. The molecule has 0 aliphatic heterocycles. The van der Waals surface area contributed by atoms with E-state index in [1.807, 2.05) is 13.8 Å². The van der Waals surface area contributed by atoms with Gasteiger partial charge in [-0.15, -0.1) is 0 Å². The number of aliphatic hydroxyl groups is 1. The van der Waals surface area contributed by atoms with Crippen LogP contribution in [0.15, 0.2) is 18.2 Å². The first-order valence-electron chi connectivity index (χ1n) is 6.62. The van der Waals surface area contributed by atoms with Crippen LogP contribution in [0.5, 0.6) is 0 Å². The van der Waals surface area contributed by atoms with Gasteiger partial charge in [-0.05, 0) is 25.0 Å². The van der Waals surface area contributed by atoms with E-state index in [9.17, 15) is 15.2 Å². The number of benzene rings is 1. The lowest BCUT2D eigenvalue weighted by Crippen LogP contribution is -2.32. The van der Waals surface area contributed by atoms with Gasteiger partial charge in [0.05, 0.1) is 11.5 Å². The summed E-state index contributed by atoms with van der Waals surface area (Å²) in [6, 6.07) is 4.86. The largest absolute Gasteiger partial charge is 0.396 e. The Morgan fingerprint density at radius 3 is 2.40 bits per heavy atom. The third-order valence-electron chi connectivity index (χ3n) is 3.86. The van der Waals surface area contributed by atoms with Gasteiger partial charge in [0, 0.05) is 12.0 Å². The Hall–Kier alpha value is -1.86. The zero-order chi connectivity index (χ0) is 15.2. The number of anilines is 2. The first-order chi connectivity index (χ1) is 9.53. The molecule has 0 atom stereocenters. The second kappa shape index (κ2) is 7.06. The van der Waals surface area contributed by atoms with Crippen LogP contribution < -0.4 is 16.6 Å². The number of nitrogens with two attached hydrogens (primary N) is 1. The molecular formula is C13H22N4O3. The van der Waals surface area contributed by atoms with Crippen LogP contribution >= 0.6 is 0 Å². The van der Waals surface area contributed by atoms with Gasteiger partial charge >= 0.3 is 5.69 Å². The average molecular weight is 282 g/mol. The third-order valence-corrected chi connectivity index (χ3v) is 3.86. The van der Waals surface area contributed by atoms with Crippen molar-refractivity contribution in [1.29, 1.82) is 0 Å². The molecule has 5 N–H and O–H groups in total. The Balaban J connectivity index is 3.01. The van der Waals surface area contributed by atoms with Crippen LogP contribution in [0.3, 0.4) is 0 Å². The van der Waals surface area contributed by atoms with E-state index in [4.69, 9.17) is 5.84 Å². The molecule has 0 aliphatic rings. The van der Waals surface area contributed by atoms with Crippen LogP contribution in [0.1, 0.15) is 26.7 Å². The lowest BCUT2D eigenvalue weighted by Gasteiger charge is -2.30. The van der Waals surface area contributed by atoms with Crippen LogP contribution in [0.2, 0.25) is 0 Å². The van der Waals surface area contributed by atoms with E-state index < -0.39 is 4.92 Å². The number of hydrogen-bond donors (Lipinski definition) is 4. The number of nitro groups is 1. The Bertz CT molecular complexity index is 453. The minimum absolute atomic E-state index is 0.0373. The Morgan fingerprint density at radius 2 is 1.95 bits per heavy atom. The number of rotatable bonds is 8. The van der Waals surface area contributed by atoms with Crippen molar-refractivity contribution in [3.8, 4) is 0 Å². The maximum atomic E-state index is 11.2. The van der Waals surface area contributed by atoms with E-state index >= 15 is 0 Å². The van der Waals surface area contributed by atoms with Crippen LogP contribution in [0, 0.1) is 15.5 Å². The van der Waals surface area contributed by atoms with Gasteiger partial charge in [0.15, 0.2) is 0 Å². The smallest absolute Gasteiger partial charge is 0.316 e. The first-order valence-corrected chi connectivity index (χ1v) is 6.62. The topological polar surface area (TPSA) is 113 Å². The Kier molecular flexibility index (Phi) is 5.72. The van der Waals surface area contributed by atoms with Gasteiger partial charge in [-0.25, -0.2) is 0 Å². The molecule has 1 rings (SSSR count). The lowest BCUT2D eigenvalue weighted by atomic mass is 9.83. The number of nitrogens with one attached hydrogen (secondary N) is 2. The van der Waals surface area contributed by atoms with Gasteiger partial charge in [0.2, 0.25) is 0 Å². The van der Waals surface area contributed by atoms with Crippen molar-refractivity contribution in [2.45, 2.75) is 26.7 Å². The monoisotopic (exact) mass is 282 g/mol. The van der Waals surface area contributed by atoms with Crippen LogP contribution in [-0.4, -0.2) is 23.2 Å². The molecule has 0 heterocycles. The van der Waals surface area contributed by atoms with E-state index in [1.54, 1.807) is 18.2 Å².